The minimum Gasteiger partial charge on any atom is -0.501 e. The number of aromatic nitrogens is 1. The summed E-state index contributed by atoms with van der Waals surface area (Å²) >= 11 is 1.61. The van der Waals surface area contributed by atoms with Crippen LogP contribution in [0.25, 0.3) is 0 Å². The summed E-state index contributed by atoms with van der Waals surface area (Å²) in [5.74, 6) is -0.00840. The zero-order valence-corrected chi connectivity index (χ0v) is 15.0. The normalized spacial score (nSPS) is 24.5. The van der Waals surface area contributed by atoms with Crippen LogP contribution in [0.15, 0.2) is 17.3 Å². The molecule has 24 heavy (non-hydrogen) atoms. The number of halogens is 1. The predicted octanol–water partition coefficient (Wildman–Crippen LogP) is 2.52. The van der Waals surface area contributed by atoms with Crippen LogP contribution in [0.5, 0.6) is 0 Å². The Bertz CT molecular complexity index is 619. The van der Waals surface area contributed by atoms with Gasteiger partial charge < -0.3 is 9.64 Å². The summed E-state index contributed by atoms with van der Waals surface area (Å²) in [4.78, 5) is 21.8. The smallest absolute Gasteiger partial charge is 0.252 e. The van der Waals surface area contributed by atoms with Gasteiger partial charge in [-0.15, -0.1) is 11.3 Å². The van der Waals surface area contributed by atoms with Gasteiger partial charge in [0.15, 0.2) is 0 Å². The predicted molar refractivity (Wildman–Crippen MR) is 91.5 cm³/mol. The topological polar surface area (TPSA) is 45.7 Å². The maximum absolute atomic E-state index is 14.0. The second-order valence-corrected chi connectivity index (χ2v) is 7.52. The Morgan fingerprint density at radius 2 is 2.42 bits per heavy atom. The fourth-order valence-corrected chi connectivity index (χ4v) is 4.14. The third kappa shape index (κ3) is 3.95. The molecule has 0 aliphatic carbocycles. The first-order valence-corrected chi connectivity index (χ1v) is 9.25. The summed E-state index contributed by atoms with van der Waals surface area (Å²) in [5.41, 5.74) is 3.55. The SMILES string of the molecule is Cc1ncsc1CN1C[C@@H](F)C[C@H]1CN(C)C(=O)C1=COCCC1. The second-order valence-electron chi connectivity index (χ2n) is 6.58. The van der Waals surface area contributed by atoms with Crippen molar-refractivity contribution in [3.05, 3.63) is 27.9 Å². The molecule has 0 N–H and O–H groups in total. The van der Waals surface area contributed by atoms with Gasteiger partial charge in [0.1, 0.15) is 6.17 Å². The molecule has 7 heteroatoms. The number of carbonyl (C=O) groups is 1. The van der Waals surface area contributed by atoms with Crippen molar-refractivity contribution in [1.82, 2.24) is 14.8 Å². The van der Waals surface area contributed by atoms with Crippen molar-refractivity contribution < 1.29 is 13.9 Å². The lowest BCUT2D eigenvalue weighted by molar-refractivity contribution is -0.127. The molecule has 0 bridgehead atoms. The van der Waals surface area contributed by atoms with Gasteiger partial charge >= 0.3 is 0 Å². The fourth-order valence-electron chi connectivity index (χ4n) is 3.33. The number of alkyl halides is 1. The van der Waals surface area contributed by atoms with Gasteiger partial charge in [0.2, 0.25) is 0 Å². The summed E-state index contributed by atoms with van der Waals surface area (Å²) in [6.45, 7) is 4.32. The van der Waals surface area contributed by atoms with Crippen molar-refractivity contribution >= 4 is 17.2 Å². The molecule has 0 saturated carbocycles. The van der Waals surface area contributed by atoms with Crippen LogP contribution in [0.3, 0.4) is 0 Å². The van der Waals surface area contributed by atoms with E-state index in [9.17, 15) is 9.18 Å². The largest absolute Gasteiger partial charge is 0.501 e. The highest BCUT2D eigenvalue weighted by molar-refractivity contribution is 7.09. The van der Waals surface area contributed by atoms with E-state index in [-0.39, 0.29) is 11.9 Å². The van der Waals surface area contributed by atoms with Crippen molar-refractivity contribution in [2.24, 2.45) is 0 Å². The van der Waals surface area contributed by atoms with Crippen LogP contribution in [-0.2, 0) is 16.1 Å². The summed E-state index contributed by atoms with van der Waals surface area (Å²) in [6.07, 6.45) is 2.85. The first-order chi connectivity index (χ1) is 11.5. The van der Waals surface area contributed by atoms with Crippen LogP contribution >= 0.6 is 11.3 Å². The average Bonchev–Trinajstić information content (AvgIpc) is 3.13. The molecule has 132 valence electrons. The Morgan fingerprint density at radius 1 is 1.58 bits per heavy atom. The van der Waals surface area contributed by atoms with Gasteiger partial charge in [-0.3, -0.25) is 9.69 Å². The monoisotopic (exact) mass is 353 g/mol. The third-order valence-electron chi connectivity index (χ3n) is 4.71. The Kier molecular flexibility index (Phi) is 5.50. The number of carbonyl (C=O) groups excluding carboxylic acids is 1. The quantitative estimate of drug-likeness (QED) is 0.816. The Hall–Kier alpha value is -1.47. The maximum atomic E-state index is 14.0. The van der Waals surface area contributed by atoms with E-state index < -0.39 is 6.17 Å². The number of aryl methyl sites for hydroxylation is 1. The third-order valence-corrected chi connectivity index (χ3v) is 5.63. The number of rotatable bonds is 5. The van der Waals surface area contributed by atoms with E-state index in [2.05, 4.69) is 9.88 Å². The number of likely N-dealkylation sites (tertiary alicyclic amines) is 1. The van der Waals surface area contributed by atoms with Crippen molar-refractivity contribution in [3.8, 4) is 0 Å². The molecular formula is C17H24FN3O2S. The van der Waals surface area contributed by atoms with E-state index in [1.54, 1.807) is 29.5 Å². The molecule has 0 spiro atoms. The number of nitrogens with zero attached hydrogens (tertiary/aromatic N) is 3. The lowest BCUT2D eigenvalue weighted by Gasteiger charge is -2.29. The lowest BCUT2D eigenvalue weighted by Crippen LogP contribution is -2.41. The van der Waals surface area contributed by atoms with Gasteiger partial charge in [-0.1, -0.05) is 0 Å². The van der Waals surface area contributed by atoms with Crippen molar-refractivity contribution in [1.29, 1.82) is 0 Å². The molecule has 5 nitrogen and oxygen atoms in total. The second kappa shape index (κ2) is 7.61. The van der Waals surface area contributed by atoms with Crippen molar-refractivity contribution in [3.63, 3.8) is 0 Å². The summed E-state index contributed by atoms with van der Waals surface area (Å²) in [6, 6.07) is 0.0422. The molecule has 1 aromatic rings. The number of hydrogen-bond acceptors (Lipinski definition) is 5. The first kappa shape index (κ1) is 17.4. The molecule has 0 unspecified atom stereocenters. The van der Waals surface area contributed by atoms with E-state index >= 15 is 0 Å². The molecule has 2 atom stereocenters. The fraction of sp³-hybridized carbons (Fsp3) is 0.647. The number of thiazole rings is 1. The highest BCUT2D eigenvalue weighted by Crippen LogP contribution is 2.26. The van der Waals surface area contributed by atoms with Gasteiger partial charge in [-0.25, -0.2) is 9.37 Å². The molecular weight excluding hydrogens is 329 g/mol. The van der Waals surface area contributed by atoms with Gasteiger partial charge in [0.25, 0.3) is 5.91 Å². The van der Waals surface area contributed by atoms with Crippen LogP contribution in [0, 0.1) is 6.92 Å². The van der Waals surface area contributed by atoms with Gasteiger partial charge in [-0.2, -0.15) is 0 Å². The molecule has 0 aromatic carbocycles. The zero-order chi connectivity index (χ0) is 17.1. The Morgan fingerprint density at radius 3 is 3.08 bits per heavy atom. The molecule has 1 amide bonds. The summed E-state index contributed by atoms with van der Waals surface area (Å²) in [7, 11) is 1.79. The van der Waals surface area contributed by atoms with Crippen LogP contribution in [0.2, 0.25) is 0 Å². The van der Waals surface area contributed by atoms with E-state index in [0.29, 0.717) is 38.2 Å². The van der Waals surface area contributed by atoms with Crippen LogP contribution in [0.4, 0.5) is 4.39 Å². The van der Waals surface area contributed by atoms with Gasteiger partial charge in [-0.05, 0) is 26.2 Å². The Labute approximate surface area is 146 Å². The van der Waals surface area contributed by atoms with E-state index in [0.717, 1.165) is 18.5 Å². The van der Waals surface area contributed by atoms with E-state index in [1.165, 1.54) is 4.88 Å². The first-order valence-electron chi connectivity index (χ1n) is 8.37. The molecule has 2 aliphatic rings. The van der Waals surface area contributed by atoms with Gasteiger partial charge in [0.05, 0.1) is 29.6 Å². The van der Waals surface area contributed by atoms with Crippen molar-refractivity contribution in [2.45, 2.75) is 44.9 Å². The summed E-state index contributed by atoms with van der Waals surface area (Å²) < 4.78 is 19.2. The molecule has 0 radical (unpaired) electrons. The van der Waals surface area contributed by atoms with Gasteiger partial charge in [0, 0.05) is 37.6 Å². The number of amides is 1. The Balaban J connectivity index is 1.62. The standard InChI is InChI=1S/C17H24FN3O2S/c1-12-16(24-11-19-12)9-21-7-14(18)6-15(21)8-20(2)17(22)13-4-3-5-23-10-13/h10-11,14-15H,3-9H2,1-2H3/t14-,15-/m0/s1. The molecule has 1 fully saturated rings. The lowest BCUT2D eigenvalue weighted by atomic mass is 10.1. The number of hydrogen-bond donors (Lipinski definition) is 0. The van der Waals surface area contributed by atoms with Crippen molar-refractivity contribution in [2.75, 3.05) is 26.7 Å². The van der Waals surface area contributed by atoms with Crippen LogP contribution in [-0.4, -0.2) is 59.6 Å². The molecule has 1 aromatic heterocycles. The molecule has 3 heterocycles. The zero-order valence-electron chi connectivity index (χ0n) is 14.2. The molecule has 1 saturated heterocycles. The number of likely N-dealkylation sites (N-methyl/N-ethyl adjacent to an activating group) is 1. The highest BCUT2D eigenvalue weighted by atomic mass is 32.1. The van der Waals surface area contributed by atoms with Crippen LogP contribution in [0.1, 0.15) is 29.8 Å². The van der Waals surface area contributed by atoms with E-state index in [4.69, 9.17) is 4.74 Å². The highest BCUT2D eigenvalue weighted by Gasteiger charge is 2.34. The minimum absolute atomic E-state index is 0.00840. The molecule has 3 rings (SSSR count). The number of ether oxygens (including phenoxy) is 1. The maximum Gasteiger partial charge on any atom is 0.252 e. The minimum atomic E-state index is -0.830. The summed E-state index contributed by atoms with van der Waals surface area (Å²) in [5, 5.41) is 0. The average molecular weight is 353 g/mol. The van der Waals surface area contributed by atoms with E-state index in [1.807, 2.05) is 12.4 Å². The van der Waals surface area contributed by atoms with Crippen LogP contribution < -0.4 is 0 Å². The molecule has 2 aliphatic heterocycles.